The molecule has 0 saturated carbocycles. The smallest absolute Gasteiger partial charge is 0.305 e. The van der Waals surface area contributed by atoms with E-state index < -0.39 is 5.97 Å². The van der Waals surface area contributed by atoms with Crippen LogP contribution in [-0.2, 0) is 17.6 Å². The lowest BCUT2D eigenvalue weighted by Crippen LogP contribution is -2.15. The molecule has 0 aromatic heterocycles. The van der Waals surface area contributed by atoms with Gasteiger partial charge in [-0.1, -0.05) is 18.2 Å². The van der Waals surface area contributed by atoms with Gasteiger partial charge in [0, 0.05) is 6.04 Å². The maximum atomic E-state index is 10.5. The summed E-state index contributed by atoms with van der Waals surface area (Å²) in [5.74, 6) is -0.844. The summed E-state index contributed by atoms with van der Waals surface area (Å²) in [5.41, 5.74) is 9.48. The number of carboxylic acid groups (broad SMARTS) is 1. The summed E-state index contributed by atoms with van der Waals surface area (Å²) in [6.07, 6.45) is 3.44. The number of fused-ring (bicyclic) bond motifs is 1. The Bertz CT molecular complexity index is 387. The fourth-order valence-corrected chi connectivity index (χ4v) is 2.13. The van der Waals surface area contributed by atoms with Crippen molar-refractivity contribution in [2.24, 2.45) is 5.73 Å². The van der Waals surface area contributed by atoms with Gasteiger partial charge < -0.3 is 10.8 Å². The van der Waals surface area contributed by atoms with Crippen LogP contribution in [-0.4, -0.2) is 11.1 Å². The van der Waals surface area contributed by atoms with Crippen LogP contribution in [0.4, 0.5) is 0 Å². The molecule has 1 atom stereocenters. The Morgan fingerprint density at radius 3 is 2.87 bits per heavy atom. The van der Waals surface area contributed by atoms with Gasteiger partial charge in [0.05, 0.1) is 6.42 Å². The first-order valence-electron chi connectivity index (χ1n) is 5.26. The zero-order valence-corrected chi connectivity index (χ0v) is 8.57. The van der Waals surface area contributed by atoms with Crippen molar-refractivity contribution in [1.82, 2.24) is 0 Å². The standard InChI is InChI=1S/C12H15NO2/c13-11(7-12(14)15)10-5-4-8-2-1-3-9(8)6-10/h4-6,11H,1-3,7,13H2,(H,14,15). The fourth-order valence-electron chi connectivity index (χ4n) is 2.13. The van der Waals surface area contributed by atoms with E-state index in [4.69, 9.17) is 10.8 Å². The molecule has 0 spiro atoms. The molecule has 2 rings (SSSR count). The number of nitrogens with two attached hydrogens (primary N) is 1. The highest BCUT2D eigenvalue weighted by molar-refractivity contribution is 5.67. The number of hydrogen-bond donors (Lipinski definition) is 2. The lowest BCUT2D eigenvalue weighted by atomic mass is 10.00. The number of benzene rings is 1. The summed E-state index contributed by atoms with van der Waals surface area (Å²) < 4.78 is 0. The molecule has 0 saturated heterocycles. The van der Waals surface area contributed by atoms with Crippen LogP contribution < -0.4 is 5.73 Å². The van der Waals surface area contributed by atoms with Gasteiger partial charge in [0.1, 0.15) is 0 Å². The van der Waals surface area contributed by atoms with Crippen molar-refractivity contribution >= 4 is 5.97 Å². The second kappa shape index (κ2) is 4.03. The Kier molecular flexibility index (Phi) is 2.73. The molecule has 3 N–H and O–H groups in total. The van der Waals surface area contributed by atoms with E-state index in [1.54, 1.807) is 0 Å². The molecule has 15 heavy (non-hydrogen) atoms. The SMILES string of the molecule is NC(CC(=O)O)c1ccc2c(c1)CCC2. The highest BCUT2D eigenvalue weighted by Gasteiger charge is 2.15. The fraction of sp³-hybridized carbons (Fsp3) is 0.417. The van der Waals surface area contributed by atoms with Gasteiger partial charge in [0.25, 0.3) is 0 Å². The minimum atomic E-state index is -0.844. The van der Waals surface area contributed by atoms with Crippen LogP contribution in [0.1, 0.15) is 35.6 Å². The van der Waals surface area contributed by atoms with Crippen LogP contribution in [0.15, 0.2) is 18.2 Å². The molecule has 1 aromatic carbocycles. The van der Waals surface area contributed by atoms with Gasteiger partial charge in [0.15, 0.2) is 0 Å². The van der Waals surface area contributed by atoms with Crippen LogP contribution in [0.3, 0.4) is 0 Å². The Balaban J connectivity index is 2.19. The zero-order valence-electron chi connectivity index (χ0n) is 8.57. The van der Waals surface area contributed by atoms with Gasteiger partial charge in [-0.25, -0.2) is 0 Å². The van der Waals surface area contributed by atoms with Crippen LogP contribution >= 0.6 is 0 Å². The molecule has 0 radical (unpaired) electrons. The van der Waals surface area contributed by atoms with Gasteiger partial charge in [-0.05, 0) is 36.0 Å². The highest BCUT2D eigenvalue weighted by Crippen LogP contribution is 2.25. The number of carbonyl (C=O) groups is 1. The molecule has 0 amide bonds. The Morgan fingerprint density at radius 1 is 1.40 bits per heavy atom. The van der Waals surface area contributed by atoms with E-state index in [9.17, 15) is 4.79 Å². The molecule has 0 bridgehead atoms. The Labute approximate surface area is 88.9 Å². The quantitative estimate of drug-likeness (QED) is 0.788. The van der Waals surface area contributed by atoms with Crippen molar-refractivity contribution in [3.63, 3.8) is 0 Å². The van der Waals surface area contributed by atoms with Crippen LogP contribution in [0.5, 0.6) is 0 Å². The summed E-state index contributed by atoms with van der Waals surface area (Å²) in [6, 6.07) is 5.72. The van der Waals surface area contributed by atoms with E-state index in [2.05, 4.69) is 12.1 Å². The van der Waals surface area contributed by atoms with Gasteiger partial charge >= 0.3 is 5.97 Å². The third-order valence-electron chi connectivity index (χ3n) is 2.95. The van der Waals surface area contributed by atoms with Crippen molar-refractivity contribution in [3.05, 3.63) is 34.9 Å². The Hall–Kier alpha value is -1.35. The normalized spacial score (nSPS) is 16.1. The number of hydrogen-bond acceptors (Lipinski definition) is 2. The molecule has 1 unspecified atom stereocenters. The molecule has 3 heteroatoms. The maximum absolute atomic E-state index is 10.5. The molecule has 1 aromatic rings. The summed E-state index contributed by atoms with van der Waals surface area (Å²) >= 11 is 0. The van der Waals surface area contributed by atoms with Crippen LogP contribution in [0.2, 0.25) is 0 Å². The van der Waals surface area contributed by atoms with Crippen molar-refractivity contribution in [2.75, 3.05) is 0 Å². The van der Waals surface area contributed by atoms with E-state index in [0.717, 1.165) is 18.4 Å². The number of aliphatic carboxylic acids is 1. The highest BCUT2D eigenvalue weighted by atomic mass is 16.4. The molecule has 1 aliphatic carbocycles. The lowest BCUT2D eigenvalue weighted by molar-refractivity contribution is -0.137. The first kappa shape index (κ1) is 10.2. The predicted molar refractivity (Wildman–Crippen MR) is 57.6 cm³/mol. The average Bonchev–Trinajstić information content (AvgIpc) is 2.62. The molecule has 1 aliphatic rings. The van der Waals surface area contributed by atoms with E-state index in [1.165, 1.54) is 17.5 Å². The number of rotatable bonds is 3. The second-order valence-corrected chi connectivity index (χ2v) is 4.09. The molecular weight excluding hydrogens is 190 g/mol. The predicted octanol–water partition coefficient (Wildman–Crippen LogP) is 1.65. The average molecular weight is 205 g/mol. The summed E-state index contributed by atoms with van der Waals surface area (Å²) in [7, 11) is 0. The molecular formula is C12H15NO2. The molecule has 0 fully saturated rings. The molecule has 0 aliphatic heterocycles. The maximum Gasteiger partial charge on any atom is 0.305 e. The molecule has 0 heterocycles. The van der Waals surface area contributed by atoms with E-state index in [0.29, 0.717) is 0 Å². The monoisotopic (exact) mass is 205 g/mol. The number of carboxylic acids is 1. The summed E-state index contributed by atoms with van der Waals surface area (Å²) in [5, 5.41) is 8.66. The van der Waals surface area contributed by atoms with Crippen LogP contribution in [0.25, 0.3) is 0 Å². The van der Waals surface area contributed by atoms with Crippen LogP contribution in [0, 0.1) is 0 Å². The second-order valence-electron chi connectivity index (χ2n) is 4.09. The number of aryl methyl sites for hydroxylation is 2. The minimum Gasteiger partial charge on any atom is -0.481 e. The largest absolute Gasteiger partial charge is 0.481 e. The minimum absolute atomic E-state index is 0.00120. The van der Waals surface area contributed by atoms with E-state index >= 15 is 0 Å². The lowest BCUT2D eigenvalue weighted by Gasteiger charge is -2.11. The molecule has 80 valence electrons. The van der Waals surface area contributed by atoms with Gasteiger partial charge in [-0.15, -0.1) is 0 Å². The van der Waals surface area contributed by atoms with E-state index in [-0.39, 0.29) is 12.5 Å². The van der Waals surface area contributed by atoms with Gasteiger partial charge in [-0.2, -0.15) is 0 Å². The first-order valence-corrected chi connectivity index (χ1v) is 5.26. The van der Waals surface area contributed by atoms with Crippen molar-refractivity contribution in [3.8, 4) is 0 Å². The van der Waals surface area contributed by atoms with E-state index in [1.807, 2.05) is 6.07 Å². The third-order valence-corrected chi connectivity index (χ3v) is 2.95. The summed E-state index contributed by atoms with van der Waals surface area (Å²) in [6.45, 7) is 0. The zero-order chi connectivity index (χ0) is 10.8. The first-order chi connectivity index (χ1) is 7.16. The van der Waals surface area contributed by atoms with Crippen molar-refractivity contribution in [1.29, 1.82) is 0 Å². The summed E-state index contributed by atoms with van der Waals surface area (Å²) in [4.78, 5) is 10.5. The molecule has 3 nitrogen and oxygen atoms in total. The Morgan fingerprint density at radius 2 is 2.13 bits per heavy atom. The van der Waals surface area contributed by atoms with Crippen molar-refractivity contribution < 1.29 is 9.90 Å². The van der Waals surface area contributed by atoms with Gasteiger partial charge in [-0.3, -0.25) is 4.79 Å². The van der Waals surface area contributed by atoms with Gasteiger partial charge in [0.2, 0.25) is 0 Å². The van der Waals surface area contributed by atoms with Crippen molar-refractivity contribution in [2.45, 2.75) is 31.7 Å². The third kappa shape index (κ3) is 2.18. The topological polar surface area (TPSA) is 63.3 Å².